The lowest BCUT2D eigenvalue weighted by molar-refractivity contribution is 0.554. The highest BCUT2D eigenvalue weighted by Crippen LogP contribution is 2.14. The fourth-order valence-corrected chi connectivity index (χ4v) is 3.06. The van der Waals surface area contributed by atoms with Crippen molar-refractivity contribution in [3.63, 3.8) is 0 Å². The molecule has 1 heterocycles. The van der Waals surface area contributed by atoms with Crippen molar-refractivity contribution in [2.24, 2.45) is 0 Å². The van der Waals surface area contributed by atoms with Gasteiger partial charge in [-0.15, -0.1) is 5.10 Å². The van der Waals surface area contributed by atoms with Gasteiger partial charge in [-0.05, 0) is 46.8 Å². The van der Waals surface area contributed by atoms with E-state index in [1.165, 1.54) is 41.1 Å². The Kier molecular flexibility index (Phi) is 4.32. The van der Waals surface area contributed by atoms with Crippen LogP contribution in [0.5, 0.6) is 0 Å². The Morgan fingerprint density at radius 1 is 1.04 bits per heavy atom. The highest BCUT2D eigenvalue weighted by atomic mass is 32.2. The summed E-state index contributed by atoms with van der Waals surface area (Å²) in [6.45, 7) is -0.263. The Balaban J connectivity index is 1.82. The standard InChI is InChI=1S/C14H11F2N5O2S/c15-10-5-7-11(8-6-10)21-14(18-19-20-21)9-17-24(22,23)13-4-2-1-3-12(13)16/h1-8,17H,9H2. The molecule has 0 bridgehead atoms. The lowest BCUT2D eigenvalue weighted by Crippen LogP contribution is -2.25. The summed E-state index contributed by atoms with van der Waals surface area (Å²) in [5.41, 5.74) is 0.460. The van der Waals surface area contributed by atoms with Crippen LogP contribution < -0.4 is 4.72 Å². The normalized spacial score (nSPS) is 11.6. The molecule has 10 heteroatoms. The molecule has 1 aromatic heterocycles. The summed E-state index contributed by atoms with van der Waals surface area (Å²) in [6.07, 6.45) is 0. The van der Waals surface area contributed by atoms with E-state index in [2.05, 4.69) is 20.2 Å². The third-order valence-electron chi connectivity index (χ3n) is 3.15. The minimum Gasteiger partial charge on any atom is -0.207 e. The molecule has 2 aromatic carbocycles. The number of halogens is 2. The SMILES string of the molecule is O=S(=O)(NCc1nnnn1-c1ccc(F)cc1)c1ccccc1F. The lowest BCUT2D eigenvalue weighted by atomic mass is 10.3. The molecule has 124 valence electrons. The number of aromatic nitrogens is 4. The Labute approximate surface area is 136 Å². The molecule has 1 N–H and O–H groups in total. The van der Waals surface area contributed by atoms with Crippen LogP contribution in [0.3, 0.4) is 0 Å². The van der Waals surface area contributed by atoms with E-state index in [0.29, 0.717) is 5.69 Å². The van der Waals surface area contributed by atoms with Crippen molar-refractivity contribution in [3.05, 3.63) is 66.0 Å². The Bertz CT molecular complexity index is 957. The average molecular weight is 351 g/mol. The van der Waals surface area contributed by atoms with E-state index in [-0.39, 0.29) is 12.4 Å². The number of nitrogens with one attached hydrogen (secondary N) is 1. The van der Waals surface area contributed by atoms with Gasteiger partial charge in [-0.2, -0.15) is 4.68 Å². The van der Waals surface area contributed by atoms with Gasteiger partial charge < -0.3 is 0 Å². The van der Waals surface area contributed by atoms with Crippen molar-refractivity contribution in [2.75, 3.05) is 0 Å². The zero-order chi connectivity index (χ0) is 17.2. The Morgan fingerprint density at radius 3 is 2.46 bits per heavy atom. The largest absolute Gasteiger partial charge is 0.243 e. The van der Waals surface area contributed by atoms with Gasteiger partial charge in [0.25, 0.3) is 0 Å². The van der Waals surface area contributed by atoms with E-state index >= 15 is 0 Å². The fourth-order valence-electron chi connectivity index (χ4n) is 2.00. The first-order valence-corrected chi connectivity index (χ1v) is 8.23. The number of rotatable bonds is 5. The van der Waals surface area contributed by atoms with Crippen LogP contribution >= 0.6 is 0 Å². The van der Waals surface area contributed by atoms with Gasteiger partial charge in [0.2, 0.25) is 10.0 Å². The molecule has 0 spiro atoms. The van der Waals surface area contributed by atoms with Crippen LogP contribution in [-0.4, -0.2) is 28.6 Å². The second kappa shape index (κ2) is 6.42. The highest BCUT2D eigenvalue weighted by molar-refractivity contribution is 7.89. The van der Waals surface area contributed by atoms with E-state index < -0.39 is 26.6 Å². The third kappa shape index (κ3) is 3.29. The second-order valence-corrected chi connectivity index (χ2v) is 6.47. The van der Waals surface area contributed by atoms with Gasteiger partial charge in [0.1, 0.15) is 16.5 Å². The van der Waals surface area contributed by atoms with Crippen LogP contribution in [-0.2, 0) is 16.6 Å². The molecule has 0 aliphatic rings. The summed E-state index contributed by atoms with van der Waals surface area (Å²) >= 11 is 0. The van der Waals surface area contributed by atoms with Gasteiger partial charge in [0.15, 0.2) is 5.82 Å². The Morgan fingerprint density at radius 2 is 1.75 bits per heavy atom. The van der Waals surface area contributed by atoms with Crippen LogP contribution in [0.25, 0.3) is 5.69 Å². The van der Waals surface area contributed by atoms with E-state index in [0.717, 1.165) is 12.1 Å². The molecule has 3 aromatic rings. The first-order chi connectivity index (χ1) is 11.5. The Hall–Kier alpha value is -2.72. The van der Waals surface area contributed by atoms with E-state index in [9.17, 15) is 17.2 Å². The number of hydrogen-bond acceptors (Lipinski definition) is 5. The van der Waals surface area contributed by atoms with E-state index in [4.69, 9.17) is 0 Å². The molecule has 3 rings (SSSR count). The van der Waals surface area contributed by atoms with Crippen molar-refractivity contribution in [1.29, 1.82) is 0 Å². The molecule has 0 unspecified atom stereocenters. The number of hydrogen-bond donors (Lipinski definition) is 1. The van der Waals surface area contributed by atoms with Crippen molar-refractivity contribution >= 4 is 10.0 Å². The molecular weight excluding hydrogens is 340 g/mol. The van der Waals surface area contributed by atoms with E-state index in [1.54, 1.807) is 0 Å². The van der Waals surface area contributed by atoms with Gasteiger partial charge in [0.05, 0.1) is 12.2 Å². The zero-order valence-electron chi connectivity index (χ0n) is 12.1. The fraction of sp³-hybridized carbons (Fsp3) is 0.0714. The molecule has 0 radical (unpaired) electrons. The monoisotopic (exact) mass is 351 g/mol. The smallest absolute Gasteiger partial charge is 0.207 e. The van der Waals surface area contributed by atoms with E-state index in [1.807, 2.05) is 0 Å². The zero-order valence-corrected chi connectivity index (χ0v) is 12.9. The summed E-state index contributed by atoms with van der Waals surface area (Å²) in [5.74, 6) is -1.11. The van der Waals surface area contributed by atoms with Crippen LogP contribution in [0, 0.1) is 11.6 Å². The summed E-state index contributed by atoms with van der Waals surface area (Å²) in [7, 11) is -4.07. The topological polar surface area (TPSA) is 89.8 Å². The maximum absolute atomic E-state index is 13.6. The predicted octanol–water partition coefficient (Wildman–Crippen LogP) is 1.42. The second-order valence-electron chi connectivity index (χ2n) is 4.74. The van der Waals surface area contributed by atoms with Crippen LogP contribution in [0.15, 0.2) is 53.4 Å². The quantitative estimate of drug-likeness (QED) is 0.751. The van der Waals surface area contributed by atoms with Crippen LogP contribution in [0.2, 0.25) is 0 Å². The van der Waals surface area contributed by atoms with Crippen molar-refractivity contribution < 1.29 is 17.2 Å². The molecule has 24 heavy (non-hydrogen) atoms. The first kappa shape index (κ1) is 16.1. The van der Waals surface area contributed by atoms with Crippen LogP contribution in [0.4, 0.5) is 8.78 Å². The molecular formula is C14H11F2N5O2S. The van der Waals surface area contributed by atoms with Gasteiger partial charge >= 0.3 is 0 Å². The summed E-state index contributed by atoms with van der Waals surface area (Å²) in [6, 6.07) is 10.4. The molecule has 0 atom stereocenters. The van der Waals surface area contributed by atoms with Crippen molar-refractivity contribution in [1.82, 2.24) is 24.9 Å². The summed E-state index contributed by atoms with van der Waals surface area (Å²) < 4.78 is 54.4. The molecule has 0 aliphatic carbocycles. The van der Waals surface area contributed by atoms with Crippen molar-refractivity contribution in [3.8, 4) is 5.69 Å². The molecule has 0 saturated heterocycles. The lowest BCUT2D eigenvalue weighted by Gasteiger charge is -2.08. The van der Waals surface area contributed by atoms with Gasteiger partial charge in [0, 0.05) is 0 Å². The van der Waals surface area contributed by atoms with Crippen LogP contribution in [0.1, 0.15) is 5.82 Å². The van der Waals surface area contributed by atoms with Gasteiger partial charge in [-0.3, -0.25) is 0 Å². The molecule has 0 amide bonds. The molecule has 0 saturated carbocycles. The van der Waals surface area contributed by atoms with Gasteiger partial charge in [-0.1, -0.05) is 12.1 Å². The molecule has 0 aliphatic heterocycles. The average Bonchev–Trinajstić information content (AvgIpc) is 3.02. The van der Waals surface area contributed by atoms with Crippen molar-refractivity contribution in [2.45, 2.75) is 11.4 Å². The maximum atomic E-state index is 13.6. The summed E-state index contributed by atoms with van der Waals surface area (Å²) in [5, 5.41) is 10.9. The highest BCUT2D eigenvalue weighted by Gasteiger charge is 2.19. The minimum absolute atomic E-state index is 0.168. The molecule has 7 nitrogen and oxygen atoms in total. The number of benzene rings is 2. The third-order valence-corrected chi connectivity index (χ3v) is 4.59. The minimum atomic E-state index is -4.07. The maximum Gasteiger partial charge on any atom is 0.243 e. The number of nitrogens with zero attached hydrogens (tertiary/aromatic N) is 4. The summed E-state index contributed by atoms with van der Waals surface area (Å²) in [4.78, 5) is -0.467. The predicted molar refractivity (Wildman–Crippen MR) is 79.5 cm³/mol. The van der Waals surface area contributed by atoms with Gasteiger partial charge in [-0.25, -0.2) is 21.9 Å². The number of tetrazole rings is 1. The first-order valence-electron chi connectivity index (χ1n) is 6.75. The number of sulfonamides is 1. The molecule has 0 fully saturated rings.